The number of aromatic nitrogens is 2. The third kappa shape index (κ3) is 6.13. The predicted molar refractivity (Wildman–Crippen MR) is 109 cm³/mol. The lowest BCUT2D eigenvalue weighted by Gasteiger charge is -2.23. The van der Waals surface area contributed by atoms with E-state index in [9.17, 15) is 14.6 Å². The number of aliphatic hydroxyl groups is 1. The lowest BCUT2D eigenvalue weighted by atomic mass is 10.00. The molecule has 1 heterocycles. The first-order valence-electron chi connectivity index (χ1n) is 8.03. The van der Waals surface area contributed by atoms with E-state index in [1.165, 1.54) is 12.1 Å². The van der Waals surface area contributed by atoms with Crippen molar-refractivity contribution in [1.82, 2.24) is 20.4 Å². The standard InChI is InChI=1S/C17H24FN5O2.HI/c1-4-19-16(20-8-12-5-6-15(24)14(18)7-12)21-11-17(2,25)13-9-22-23(3)10-13;/h5-7,9-10,24-25H,4,8,11H2,1-3H3,(H2,19,20,21);1H. The van der Waals surface area contributed by atoms with Gasteiger partial charge in [-0.1, -0.05) is 6.07 Å². The van der Waals surface area contributed by atoms with Gasteiger partial charge in [-0.05, 0) is 31.5 Å². The van der Waals surface area contributed by atoms with E-state index in [1.807, 2.05) is 6.92 Å². The van der Waals surface area contributed by atoms with E-state index in [0.717, 1.165) is 0 Å². The molecule has 0 saturated carbocycles. The molecule has 0 aliphatic heterocycles. The zero-order valence-electron chi connectivity index (χ0n) is 15.0. The normalized spacial score (nSPS) is 13.7. The lowest BCUT2D eigenvalue weighted by molar-refractivity contribution is 0.0616. The highest BCUT2D eigenvalue weighted by atomic mass is 127. The molecule has 1 atom stereocenters. The molecule has 0 aliphatic rings. The van der Waals surface area contributed by atoms with Gasteiger partial charge in [-0.2, -0.15) is 5.10 Å². The summed E-state index contributed by atoms with van der Waals surface area (Å²) in [5.74, 6) is -0.560. The highest BCUT2D eigenvalue weighted by Crippen LogP contribution is 2.19. The summed E-state index contributed by atoms with van der Waals surface area (Å²) in [6.45, 7) is 4.73. The number of nitrogens with zero attached hydrogens (tertiary/aromatic N) is 3. The number of aryl methyl sites for hydroxylation is 1. The Labute approximate surface area is 169 Å². The zero-order chi connectivity index (χ0) is 18.4. The van der Waals surface area contributed by atoms with E-state index in [1.54, 1.807) is 37.1 Å². The number of hydrogen-bond donors (Lipinski definition) is 4. The van der Waals surface area contributed by atoms with Crippen LogP contribution in [0.15, 0.2) is 35.6 Å². The van der Waals surface area contributed by atoms with Crippen molar-refractivity contribution in [2.75, 3.05) is 13.1 Å². The van der Waals surface area contributed by atoms with Crippen LogP contribution in [0, 0.1) is 5.82 Å². The summed E-state index contributed by atoms with van der Waals surface area (Å²) < 4.78 is 15.0. The molecule has 1 aromatic carbocycles. The Hall–Kier alpha value is -1.88. The maximum Gasteiger partial charge on any atom is 0.191 e. The van der Waals surface area contributed by atoms with Crippen molar-refractivity contribution in [3.8, 4) is 5.75 Å². The summed E-state index contributed by atoms with van der Waals surface area (Å²) >= 11 is 0. The molecule has 4 N–H and O–H groups in total. The molecule has 2 aromatic rings. The highest BCUT2D eigenvalue weighted by Gasteiger charge is 2.24. The van der Waals surface area contributed by atoms with Crippen LogP contribution in [0.1, 0.15) is 25.0 Å². The Balaban J connectivity index is 0.00000338. The first kappa shape index (κ1) is 22.2. The Kier molecular flexibility index (Phi) is 8.28. The largest absolute Gasteiger partial charge is 0.505 e. The maximum absolute atomic E-state index is 13.4. The Morgan fingerprint density at radius 3 is 2.69 bits per heavy atom. The van der Waals surface area contributed by atoms with Crippen molar-refractivity contribution < 1.29 is 14.6 Å². The molecule has 144 valence electrons. The number of nitrogens with one attached hydrogen (secondary N) is 2. The highest BCUT2D eigenvalue weighted by molar-refractivity contribution is 14.0. The molecule has 0 spiro atoms. The van der Waals surface area contributed by atoms with Gasteiger partial charge in [0, 0.05) is 25.4 Å². The molecule has 0 radical (unpaired) electrons. The van der Waals surface area contributed by atoms with Crippen molar-refractivity contribution >= 4 is 29.9 Å². The molecule has 9 heteroatoms. The fourth-order valence-electron chi connectivity index (χ4n) is 2.22. The molecule has 1 unspecified atom stereocenters. The summed E-state index contributed by atoms with van der Waals surface area (Å²) in [6.07, 6.45) is 3.37. The van der Waals surface area contributed by atoms with Crippen molar-refractivity contribution in [3.63, 3.8) is 0 Å². The summed E-state index contributed by atoms with van der Waals surface area (Å²) in [6, 6.07) is 4.15. The second kappa shape index (κ2) is 9.72. The Bertz CT molecular complexity index is 749. The number of guanidine groups is 1. The second-order valence-electron chi connectivity index (χ2n) is 6.01. The molecule has 0 bridgehead atoms. The summed E-state index contributed by atoms with van der Waals surface area (Å²) in [5, 5.41) is 30.0. The molecule has 26 heavy (non-hydrogen) atoms. The minimum atomic E-state index is -1.12. The maximum atomic E-state index is 13.4. The number of phenols is 1. The SMILES string of the molecule is CCNC(=NCc1ccc(O)c(F)c1)NCC(C)(O)c1cnn(C)c1.I. The second-order valence-corrected chi connectivity index (χ2v) is 6.01. The van der Waals surface area contributed by atoms with Crippen LogP contribution in [0.4, 0.5) is 4.39 Å². The topological polar surface area (TPSA) is 94.7 Å². The van der Waals surface area contributed by atoms with E-state index in [2.05, 4.69) is 20.7 Å². The quantitative estimate of drug-likeness (QED) is 0.290. The fourth-order valence-corrected chi connectivity index (χ4v) is 2.22. The molecule has 0 saturated heterocycles. The molecule has 0 amide bonds. The van der Waals surface area contributed by atoms with Crippen LogP contribution in [-0.4, -0.2) is 39.0 Å². The van der Waals surface area contributed by atoms with Crippen molar-refractivity contribution in [1.29, 1.82) is 0 Å². The number of benzene rings is 1. The predicted octanol–water partition coefficient (Wildman–Crippen LogP) is 1.85. The molecular weight excluding hydrogens is 452 g/mol. The van der Waals surface area contributed by atoms with Crippen LogP contribution < -0.4 is 10.6 Å². The molecule has 0 fully saturated rings. The average molecular weight is 477 g/mol. The van der Waals surface area contributed by atoms with Crippen molar-refractivity contribution in [2.45, 2.75) is 26.0 Å². The van der Waals surface area contributed by atoms with Gasteiger partial charge in [-0.25, -0.2) is 9.38 Å². The number of phenolic OH excluding ortho intramolecular Hbond substituents is 1. The number of hydrogen-bond acceptors (Lipinski definition) is 4. The van der Waals surface area contributed by atoms with Crippen molar-refractivity contribution in [2.24, 2.45) is 12.0 Å². The van der Waals surface area contributed by atoms with Crippen LogP contribution in [-0.2, 0) is 19.2 Å². The molecule has 7 nitrogen and oxygen atoms in total. The van der Waals surface area contributed by atoms with E-state index >= 15 is 0 Å². The monoisotopic (exact) mass is 477 g/mol. The van der Waals surface area contributed by atoms with Crippen LogP contribution in [0.2, 0.25) is 0 Å². The number of halogens is 2. The number of aromatic hydroxyl groups is 1. The lowest BCUT2D eigenvalue weighted by Crippen LogP contribution is -2.44. The molecule has 1 aromatic heterocycles. The number of rotatable bonds is 6. The molecule has 2 rings (SSSR count). The fraction of sp³-hybridized carbons (Fsp3) is 0.412. The minimum Gasteiger partial charge on any atom is -0.505 e. The minimum absolute atomic E-state index is 0. The zero-order valence-corrected chi connectivity index (χ0v) is 17.4. The molecule has 0 aliphatic carbocycles. The van der Waals surface area contributed by atoms with E-state index in [-0.39, 0.29) is 42.8 Å². The Morgan fingerprint density at radius 2 is 2.12 bits per heavy atom. The van der Waals surface area contributed by atoms with Gasteiger partial charge in [-0.15, -0.1) is 24.0 Å². The van der Waals surface area contributed by atoms with Crippen LogP contribution in [0.3, 0.4) is 0 Å². The van der Waals surface area contributed by atoms with Gasteiger partial charge in [0.25, 0.3) is 0 Å². The average Bonchev–Trinajstić information content (AvgIpc) is 3.01. The first-order chi connectivity index (χ1) is 11.8. The van der Waals surface area contributed by atoms with Crippen LogP contribution in [0.25, 0.3) is 0 Å². The van der Waals surface area contributed by atoms with Crippen LogP contribution >= 0.6 is 24.0 Å². The van der Waals surface area contributed by atoms with Gasteiger partial charge < -0.3 is 20.8 Å². The van der Waals surface area contributed by atoms with Gasteiger partial charge in [0.1, 0.15) is 5.60 Å². The summed E-state index contributed by atoms with van der Waals surface area (Å²) in [7, 11) is 1.79. The van der Waals surface area contributed by atoms with E-state index in [4.69, 9.17) is 0 Å². The van der Waals surface area contributed by atoms with E-state index in [0.29, 0.717) is 23.6 Å². The molecular formula is C17H25FIN5O2. The van der Waals surface area contributed by atoms with Crippen LogP contribution in [0.5, 0.6) is 5.75 Å². The van der Waals surface area contributed by atoms with Gasteiger partial charge in [0.2, 0.25) is 0 Å². The van der Waals surface area contributed by atoms with Gasteiger partial charge in [-0.3, -0.25) is 4.68 Å². The summed E-state index contributed by atoms with van der Waals surface area (Å²) in [4.78, 5) is 4.37. The van der Waals surface area contributed by atoms with Gasteiger partial charge >= 0.3 is 0 Å². The number of aliphatic imine (C=N–C) groups is 1. The Morgan fingerprint density at radius 1 is 1.38 bits per heavy atom. The van der Waals surface area contributed by atoms with Gasteiger partial charge in [0.15, 0.2) is 17.5 Å². The van der Waals surface area contributed by atoms with E-state index < -0.39 is 11.4 Å². The van der Waals surface area contributed by atoms with Crippen molar-refractivity contribution in [3.05, 3.63) is 47.5 Å². The third-order valence-electron chi connectivity index (χ3n) is 3.70. The van der Waals surface area contributed by atoms with Gasteiger partial charge in [0.05, 0.1) is 19.3 Å². The smallest absolute Gasteiger partial charge is 0.191 e. The first-order valence-corrected chi connectivity index (χ1v) is 8.03. The third-order valence-corrected chi connectivity index (χ3v) is 3.70. The summed E-state index contributed by atoms with van der Waals surface area (Å²) in [5.41, 5.74) is 0.209.